The van der Waals surface area contributed by atoms with Crippen LogP contribution in [0, 0.1) is 23.3 Å². The summed E-state index contributed by atoms with van der Waals surface area (Å²) in [4.78, 5) is 0. The number of aliphatic hydroxyl groups is 2. The summed E-state index contributed by atoms with van der Waals surface area (Å²) >= 11 is 0. The molecule has 2 N–H and O–H groups in total. The Morgan fingerprint density at radius 1 is 0.550 bits per heavy atom. The third kappa shape index (κ3) is 3.15. The molecule has 0 heterocycles. The second-order valence-electron chi connectivity index (χ2n) is 4.30. The molecule has 20 heavy (non-hydrogen) atoms. The Balaban J connectivity index is 2.34. The van der Waals surface area contributed by atoms with Crippen molar-refractivity contribution in [1.29, 1.82) is 0 Å². The van der Waals surface area contributed by atoms with Gasteiger partial charge in [-0.3, -0.25) is 0 Å². The van der Waals surface area contributed by atoms with Crippen molar-refractivity contribution in [3.05, 3.63) is 70.8 Å². The van der Waals surface area contributed by atoms with Gasteiger partial charge >= 0.3 is 0 Å². The van der Waals surface area contributed by atoms with Gasteiger partial charge in [0.15, 0.2) is 0 Å². The van der Waals surface area contributed by atoms with Gasteiger partial charge in [-0.25, -0.2) is 17.6 Å². The van der Waals surface area contributed by atoms with Crippen LogP contribution in [0.5, 0.6) is 0 Å². The lowest BCUT2D eigenvalue weighted by Gasteiger charge is -2.19. The summed E-state index contributed by atoms with van der Waals surface area (Å²) in [6, 6.07) is 4.51. The average Bonchev–Trinajstić information content (AvgIpc) is 2.34. The maximum absolute atomic E-state index is 13.0. The van der Waals surface area contributed by atoms with Crippen molar-refractivity contribution in [2.45, 2.75) is 12.2 Å². The van der Waals surface area contributed by atoms with E-state index in [0.717, 1.165) is 24.3 Å². The zero-order valence-electron chi connectivity index (χ0n) is 10.0. The van der Waals surface area contributed by atoms with Crippen LogP contribution in [-0.4, -0.2) is 10.2 Å². The van der Waals surface area contributed by atoms with Crippen LogP contribution in [0.3, 0.4) is 0 Å². The Kier molecular flexibility index (Phi) is 4.06. The topological polar surface area (TPSA) is 40.5 Å². The largest absolute Gasteiger partial charge is 0.385 e. The van der Waals surface area contributed by atoms with Gasteiger partial charge in [0, 0.05) is 12.1 Å². The average molecular weight is 286 g/mol. The fraction of sp³-hybridized carbons (Fsp3) is 0.143. The van der Waals surface area contributed by atoms with Crippen LogP contribution >= 0.6 is 0 Å². The molecule has 0 aliphatic carbocycles. The minimum absolute atomic E-state index is 0.236. The van der Waals surface area contributed by atoms with Crippen LogP contribution in [-0.2, 0) is 0 Å². The van der Waals surface area contributed by atoms with Crippen LogP contribution in [0.25, 0.3) is 0 Å². The van der Waals surface area contributed by atoms with E-state index in [2.05, 4.69) is 0 Å². The third-order valence-corrected chi connectivity index (χ3v) is 2.75. The number of hydrogen-bond acceptors (Lipinski definition) is 2. The number of halogens is 4. The molecule has 2 atom stereocenters. The number of aliphatic hydroxyl groups excluding tert-OH is 2. The van der Waals surface area contributed by atoms with Crippen LogP contribution in [0.2, 0.25) is 0 Å². The predicted molar refractivity (Wildman–Crippen MR) is 62.6 cm³/mol. The molecule has 6 heteroatoms. The quantitative estimate of drug-likeness (QED) is 0.852. The standard InChI is InChI=1S/C14H10F4O2/c15-9-1-7(2-10(16)5-9)13(19)14(20)8-3-11(17)6-12(18)4-8/h1-6,13-14,19-20H/t13-,14-/m1/s1. The summed E-state index contributed by atoms with van der Waals surface area (Å²) < 4.78 is 52.1. The van der Waals surface area contributed by atoms with Gasteiger partial charge in [-0.15, -0.1) is 0 Å². The van der Waals surface area contributed by atoms with Gasteiger partial charge in [-0.05, 0) is 35.4 Å². The molecule has 2 aromatic carbocycles. The summed E-state index contributed by atoms with van der Waals surface area (Å²) in [7, 11) is 0. The maximum atomic E-state index is 13.0. The molecule has 0 radical (unpaired) electrons. The van der Waals surface area contributed by atoms with Gasteiger partial charge < -0.3 is 10.2 Å². The van der Waals surface area contributed by atoms with E-state index in [0.29, 0.717) is 12.1 Å². The van der Waals surface area contributed by atoms with E-state index in [-0.39, 0.29) is 11.1 Å². The van der Waals surface area contributed by atoms with Gasteiger partial charge in [0.05, 0.1) is 0 Å². The van der Waals surface area contributed by atoms with E-state index < -0.39 is 35.5 Å². The van der Waals surface area contributed by atoms with E-state index in [1.54, 1.807) is 0 Å². The summed E-state index contributed by atoms with van der Waals surface area (Å²) in [5.41, 5.74) is -0.473. The summed E-state index contributed by atoms with van der Waals surface area (Å²) in [5, 5.41) is 19.7. The number of benzene rings is 2. The summed E-state index contributed by atoms with van der Waals surface area (Å²) in [5.74, 6) is -3.73. The SMILES string of the molecule is O[C@H](c1cc(F)cc(F)c1)[C@H](O)c1cc(F)cc(F)c1. The van der Waals surface area contributed by atoms with Crippen molar-refractivity contribution < 1.29 is 27.8 Å². The maximum Gasteiger partial charge on any atom is 0.126 e. The fourth-order valence-electron chi connectivity index (χ4n) is 1.86. The monoisotopic (exact) mass is 286 g/mol. The highest BCUT2D eigenvalue weighted by atomic mass is 19.1. The molecular weight excluding hydrogens is 276 g/mol. The molecular formula is C14H10F4O2. The zero-order chi connectivity index (χ0) is 14.9. The van der Waals surface area contributed by atoms with Crippen molar-refractivity contribution >= 4 is 0 Å². The van der Waals surface area contributed by atoms with E-state index in [1.165, 1.54) is 0 Å². The van der Waals surface area contributed by atoms with Gasteiger partial charge in [0.2, 0.25) is 0 Å². The highest BCUT2D eigenvalue weighted by Gasteiger charge is 2.22. The van der Waals surface area contributed by atoms with Crippen LogP contribution in [0.4, 0.5) is 17.6 Å². The normalized spacial score (nSPS) is 14.1. The predicted octanol–water partition coefficient (Wildman–Crippen LogP) is 3.01. The van der Waals surface area contributed by atoms with Gasteiger partial charge in [0.1, 0.15) is 35.5 Å². The Morgan fingerprint density at radius 2 is 0.800 bits per heavy atom. The van der Waals surface area contributed by atoms with Crippen LogP contribution < -0.4 is 0 Å². The third-order valence-electron chi connectivity index (χ3n) is 2.75. The van der Waals surface area contributed by atoms with E-state index in [4.69, 9.17) is 0 Å². The fourth-order valence-corrected chi connectivity index (χ4v) is 1.86. The van der Waals surface area contributed by atoms with Crippen molar-refractivity contribution in [2.75, 3.05) is 0 Å². The first-order chi connectivity index (χ1) is 9.36. The van der Waals surface area contributed by atoms with Crippen molar-refractivity contribution in [3.8, 4) is 0 Å². The minimum atomic E-state index is -1.72. The molecule has 0 saturated heterocycles. The minimum Gasteiger partial charge on any atom is -0.385 e. The van der Waals surface area contributed by atoms with E-state index in [9.17, 15) is 27.8 Å². The molecule has 2 aromatic rings. The number of rotatable bonds is 3. The zero-order valence-corrected chi connectivity index (χ0v) is 10.0. The first-order valence-corrected chi connectivity index (χ1v) is 5.65. The molecule has 0 fully saturated rings. The lowest BCUT2D eigenvalue weighted by molar-refractivity contribution is 0.0165. The lowest BCUT2D eigenvalue weighted by atomic mass is 9.98. The molecule has 0 aromatic heterocycles. The Labute approximate surface area is 111 Å². The smallest absolute Gasteiger partial charge is 0.126 e. The van der Waals surface area contributed by atoms with Crippen LogP contribution in [0.1, 0.15) is 23.3 Å². The highest BCUT2D eigenvalue weighted by Crippen LogP contribution is 2.30. The molecule has 2 nitrogen and oxygen atoms in total. The molecule has 0 aliphatic heterocycles. The molecule has 106 valence electrons. The van der Waals surface area contributed by atoms with E-state index in [1.807, 2.05) is 0 Å². The second kappa shape index (κ2) is 5.60. The second-order valence-corrected chi connectivity index (χ2v) is 4.30. The van der Waals surface area contributed by atoms with E-state index >= 15 is 0 Å². The van der Waals surface area contributed by atoms with Gasteiger partial charge in [-0.1, -0.05) is 0 Å². The first kappa shape index (κ1) is 14.5. The van der Waals surface area contributed by atoms with Crippen molar-refractivity contribution in [2.24, 2.45) is 0 Å². The Hall–Kier alpha value is -1.92. The molecule has 0 amide bonds. The Morgan fingerprint density at radius 3 is 1.05 bits per heavy atom. The molecule has 0 spiro atoms. The molecule has 0 saturated carbocycles. The lowest BCUT2D eigenvalue weighted by Crippen LogP contribution is -2.11. The summed E-state index contributed by atoms with van der Waals surface area (Å²) in [6.45, 7) is 0. The molecule has 2 rings (SSSR count). The van der Waals surface area contributed by atoms with Crippen LogP contribution in [0.15, 0.2) is 36.4 Å². The molecule has 0 bridgehead atoms. The Bertz CT molecular complexity index is 535. The van der Waals surface area contributed by atoms with Crippen molar-refractivity contribution in [3.63, 3.8) is 0 Å². The summed E-state index contributed by atoms with van der Waals surface area (Å²) in [6.07, 6.45) is -3.44. The van der Waals surface area contributed by atoms with Gasteiger partial charge in [-0.2, -0.15) is 0 Å². The van der Waals surface area contributed by atoms with Gasteiger partial charge in [0.25, 0.3) is 0 Å². The molecule has 0 unspecified atom stereocenters. The highest BCUT2D eigenvalue weighted by molar-refractivity contribution is 5.26. The van der Waals surface area contributed by atoms with Crippen molar-refractivity contribution in [1.82, 2.24) is 0 Å². The number of hydrogen-bond donors (Lipinski definition) is 2. The molecule has 0 aliphatic rings. The first-order valence-electron chi connectivity index (χ1n) is 5.65.